The molecular weight excluding hydrogens is 429 g/mol. The fourth-order valence-corrected chi connectivity index (χ4v) is 3.54. The van der Waals surface area contributed by atoms with Crippen LogP contribution >= 0.6 is 23.2 Å². The Morgan fingerprint density at radius 3 is 2.73 bits per heavy atom. The molecule has 0 aliphatic carbocycles. The molecule has 0 atom stereocenters. The molecule has 1 N–H and O–H groups in total. The van der Waals surface area contributed by atoms with E-state index in [0.717, 1.165) is 0 Å². The molecule has 1 aromatic carbocycles. The van der Waals surface area contributed by atoms with E-state index in [1.54, 1.807) is 30.3 Å². The monoisotopic (exact) mass is 445 g/mol. The largest absolute Gasteiger partial charge is 0.459 e. The lowest BCUT2D eigenvalue weighted by Gasteiger charge is -2.34. The highest BCUT2D eigenvalue weighted by atomic mass is 35.5. The number of oxazole rings is 1. The van der Waals surface area contributed by atoms with Crippen LogP contribution in [0.3, 0.4) is 0 Å². The summed E-state index contributed by atoms with van der Waals surface area (Å²) in [5.41, 5.74) is 0.696. The number of anilines is 2. The molecule has 10 heteroatoms. The molecule has 8 nitrogen and oxygen atoms in total. The van der Waals surface area contributed by atoms with Crippen LogP contribution in [-0.2, 0) is 4.79 Å². The van der Waals surface area contributed by atoms with Gasteiger partial charge in [0.25, 0.3) is 5.89 Å². The number of piperazine rings is 1. The van der Waals surface area contributed by atoms with Gasteiger partial charge in [0.1, 0.15) is 6.07 Å². The van der Waals surface area contributed by atoms with Crippen LogP contribution in [0.15, 0.2) is 45.4 Å². The van der Waals surface area contributed by atoms with E-state index in [2.05, 4.69) is 16.4 Å². The smallest absolute Gasteiger partial charge is 0.266 e. The molecule has 1 amide bonds. The first-order valence-electron chi connectivity index (χ1n) is 9.20. The number of halogens is 2. The Morgan fingerprint density at radius 2 is 2.03 bits per heavy atom. The third-order valence-corrected chi connectivity index (χ3v) is 5.24. The molecule has 3 heterocycles. The maximum atomic E-state index is 12.4. The average molecular weight is 446 g/mol. The van der Waals surface area contributed by atoms with Crippen molar-refractivity contribution in [2.75, 3.05) is 42.9 Å². The predicted molar refractivity (Wildman–Crippen MR) is 113 cm³/mol. The predicted octanol–water partition coefficient (Wildman–Crippen LogP) is 3.87. The van der Waals surface area contributed by atoms with Gasteiger partial charge in [0.05, 0.1) is 23.5 Å². The summed E-state index contributed by atoms with van der Waals surface area (Å²) in [6.45, 7) is 2.64. The van der Waals surface area contributed by atoms with Gasteiger partial charge in [0.2, 0.25) is 17.5 Å². The summed E-state index contributed by atoms with van der Waals surface area (Å²) in [6.07, 6.45) is 1.52. The maximum absolute atomic E-state index is 12.4. The lowest BCUT2D eigenvalue weighted by molar-refractivity contribution is -0.117. The molecule has 0 bridgehead atoms. The van der Waals surface area contributed by atoms with Crippen LogP contribution in [0.5, 0.6) is 0 Å². The number of benzene rings is 1. The SMILES string of the molecule is N#Cc1nc(-c2ccco2)oc1N1CCN(CC(=O)Nc2cc(Cl)ccc2Cl)CC1. The molecule has 3 aromatic rings. The number of furan rings is 1. The van der Waals surface area contributed by atoms with Gasteiger partial charge in [-0.05, 0) is 30.3 Å². The number of amides is 1. The highest BCUT2D eigenvalue weighted by Gasteiger charge is 2.26. The van der Waals surface area contributed by atoms with E-state index in [1.165, 1.54) is 6.26 Å². The lowest BCUT2D eigenvalue weighted by Crippen LogP contribution is -2.48. The number of nitrogens with one attached hydrogen (secondary N) is 1. The summed E-state index contributed by atoms with van der Waals surface area (Å²) in [4.78, 5) is 20.6. The van der Waals surface area contributed by atoms with Crippen molar-refractivity contribution >= 4 is 40.7 Å². The molecule has 1 saturated heterocycles. The Labute approximate surface area is 182 Å². The Morgan fingerprint density at radius 1 is 1.23 bits per heavy atom. The second-order valence-electron chi connectivity index (χ2n) is 6.70. The number of aromatic nitrogens is 1. The Balaban J connectivity index is 1.36. The van der Waals surface area contributed by atoms with Crippen LogP contribution in [0.2, 0.25) is 10.0 Å². The third kappa shape index (κ3) is 4.44. The standard InChI is InChI=1S/C20H17Cl2N5O3/c21-13-3-4-14(22)15(10-13)24-18(28)12-26-5-7-27(8-6-26)20-16(11-23)25-19(30-20)17-2-1-9-29-17/h1-4,9-10H,5-8,12H2,(H,24,28). The lowest BCUT2D eigenvalue weighted by atomic mass is 10.3. The number of carbonyl (C=O) groups excluding carboxylic acids is 1. The van der Waals surface area contributed by atoms with E-state index in [9.17, 15) is 10.1 Å². The summed E-state index contributed by atoms with van der Waals surface area (Å²) in [7, 11) is 0. The molecule has 0 unspecified atom stereocenters. The van der Waals surface area contributed by atoms with Gasteiger partial charge in [0, 0.05) is 31.2 Å². The summed E-state index contributed by atoms with van der Waals surface area (Å²) in [5.74, 6) is 0.975. The molecule has 4 rings (SSSR count). The number of nitrogens with zero attached hydrogens (tertiary/aromatic N) is 4. The van der Waals surface area contributed by atoms with Crippen molar-refractivity contribution in [1.29, 1.82) is 5.26 Å². The van der Waals surface area contributed by atoms with Gasteiger partial charge in [0.15, 0.2) is 5.76 Å². The minimum absolute atomic E-state index is 0.176. The molecule has 1 aliphatic heterocycles. The van der Waals surface area contributed by atoms with E-state index < -0.39 is 0 Å². The van der Waals surface area contributed by atoms with Gasteiger partial charge in [-0.3, -0.25) is 9.69 Å². The first-order valence-corrected chi connectivity index (χ1v) is 9.96. The number of hydrogen-bond donors (Lipinski definition) is 1. The molecule has 0 saturated carbocycles. The zero-order valence-electron chi connectivity index (χ0n) is 15.8. The zero-order chi connectivity index (χ0) is 21.1. The highest BCUT2D eigenvalue weighted by molar-refractivity contribution is 6.35. The fraction of sp³-hybridized carbons (Fsp3) is 0.250. The topological polar surface area (TPSA) is 98.5 Å². The summed E-state index contributed by atoms with van der Waals surface area (Å²) < 4.78 is 11.1. The molecule has 1 aliphatic rings. The molecule has 0 spiro atoms. The first kappa shape index (κ1) is 20.3. The van der Waals surface area contributed by atoms with Gasteiger partial charge in [-0.2, -0.15) is 10.2 Å². The number of rotatable bonds is 5. The van der Waals surface area contributed by atoms with Crippen molar-refractivity contribution in [2.24, 2.45) is 0 Å². The van der Waals surface area contributed by atoms with Crippen molar-refractivity contribution in [1.82, 2.24) is 9.88 Å². The molecule has 30 heavy (non-hydrogen) atoms. The van der Waals surface area contributed by atoms with Crippen molar-refractivity contribution in [2.45, 2.75) is 0 Å². The molecular formula is C20H17Cl2N5O3. The highest BCUT2D eigenvalue weighted by Crippen LogP contribution is 2.29. The number of hydrogen-bond acceptors (Lipinski definition) is 7. The van der Waals surface area contributed by atoms with Crippen molar-refractivity contribution in [3.05, 3.63) is 52.3 Å². The van der Waals surface area contributed by atoms with Crippen LogP contribution in [0.25, 0.3) is 11.7 Å². The summed E-state index contributed by atoms with van der Waals surface area (Å²) in [5, 5.41) is 13.1. The minimum atomic E-state index is -0.176. The van der Waals surface area contributed by atoms with E-state index in [-0.39, 0.29) is 24.0 Å². The third-order valence-electron chi connectivity index (χ3n) is 4.68. The van der Waals surface area contributed by atoms with Gasteiger partial charge in [-0.25, -0.2) is 0 Å². The maximum Gasteiger partial charge on any atom is 0.266 e. The minimum Gasteiger partial charge on any atom is -0.459 e. The number of carbonyl (C=O) groups is 1. The first-order chi connectivity index (χ1) is 14.5. The van der Waals surface area contributed by atoms with E-state index >= 15 is 0 Å². The quantitative estimate of drug-likeness (QED) is 0.635. The van der Waals surface area contributed by atoms with Crippen LogP contribution in [0.1, 0.15) is 5.69 Å². The summed E-state index contributed by atoms with van der Waals surface area (Å²) >= 11 is 12.1. The van der Waals surface area contributed by atoms with Crippen molar-refractivity contribution < 1.29 is 13.6 Å². The molecule has 0 radical (unpaired) electrons. The van der Waals surface area contributed by atoms with E-state index in [4.69, 9.17) is 32.0 Å². The van der Waals surface area contributed by atoms with Crippen molar-refractivity contribution in [3.63, 3.8) is 0 Å². The van der Waals surface area contributed by atoms with Gasteiger partial charge >= 0.3 is 0 Å². The molecule has 154 valence electrons. The zero-order valence-corrected chi connectivity index (χ0v) is 17.3. The van der Waals surface area contributed by atoms with Gasteiger partial charge in [-0.15, -0.1) is 0 Å². The van der Waals surface area contributed by atoms with Crippen LogP contribution in [0.4, 0.5) is 11.6 Å². The van der Waals surface area contributed by atoms with Crippen LogP contribution in [-0.4, -0.2) is 48.5 Å². The second-order valence-corrected chi connectivity index (χ2v) is 7.54. The fourth-order valence-electron chi connectivity index (χ4n) is 3.20. The number of nitriles is 1. The average Bonchev–Trinajstić information content (AvgIpc) is 3.41. The summed E-state index contributed by atoms with van der Waals surface area (Å²) in [6, 6.07) is 10.4. The molecule has 2 aromatic heterocycles. The van der Waals surface area contributed by atoms with Crippen LogP contribution in [0, 0.1) is 11.3 Å². The van der Waals surface area contributed by atoms with Gasteiger partial charge in [-0.1, -0.05) is 23.2 Å². The molecule has 1 fully saturated rings. The van der Waals surface area contributed by atoms with Gasteiger partial charge < -0.3 is 19.1 Å². The normalized spacial score (nSPS) is 14.5. The Kier molecular flexibility index (Phi) is 5.95. The van der Waals surface area contributed by atoms with E-state index in [0.29, 0.717) is 53.6 Å². The van der Waals surface area contributed by atoms with E-state index in [1.807, 2.05) is 9.80 Å². The van der Waals surface area contributed by atoms with Crippen molar-refractivity contribution in [3.8, 4) is 17.7 Å². The Hall–Kier alpha value is -2.99. The van der Waals surface area contributed by atoms with Crippen LogP contribution < -0.4 is 10.2 Å². The Bertz CT molecular complexity index is 1080. The second kappa shape index (κ2) is 8.79.